The third kappa shape index (κ3) is 3.24. The molecule has 5 heteroatoms. The summed E-state index contributed by atoms with van der Waals surface area (Å²) >= 11 is 0. The van der Waals surface area contributed by atoms with Crippen molar-refractivity contribution in [1.29, 1.82) is 0 Å². The molecule has 5 nitrogen and oxygen atoms in total. The van der Waals surface area contributed by atoms with Gasteiger partial charge in [-0.2, -0.15) is 5.10 Å². The molecule has 0 fully saturated rings. The number of aromatic nitrogens is 2. The molecule has 0 amide bonds. The number of carboxylic acid groups (broad SMARTS) is 1. The SMILES string of the molecule is Cn1nc(C(=O)O)cc1-c1cccc(CC(C)(C)O)c1. The molecule has 0 saturated carbocycles. The lowest BCUT2D eigenvalue weighted by atomic mass is 9.97. The van der Waals surface area contributed by atoms with Gasteiger partial charge in [-0.25, -0.2) is 4.79 Å². The Kier molecular flexibility index (Phi) is 3.63. The summed E-state index contributed by atoms with van der Waals surface area (Å²) in [6, 6.07) is 9.22. The third-order valence-corrected chi connectivity index (χ3v) is 2.96. The van der Waals surface area contributed by atoms with Crippen molar-refractivity contribution in [3.8, 4) is 11.3 Å². The summed E-state index contributed by atoms with van der Waals surface area (Å²) in [5.74, 6) is -1.04. The van der Waals surface area contributed by atoms with Crippen molar-refractivity contribution in [2.24, 2.45) is 7.05 Å². The van der Waals surface area contributed by atoms with Crippen LogP contribution < -0.4 is 0 Å². The fourth-order valence-electron chi connectivity index (χ4n) is 2.18. The smallest absolute Gasteiger partial charge is 0.356 e. The highest BCUT2D eigenvalue weighted by Crippen LogP contribution is 2.23. The molecule has 2 aromatic rings. The maximum atomic E-state index is 10.9. The highest BCUT2D eigenvalue weighted by Gasteiger charge is 2.16. The summed E-state index contributed by atoms with van der Waals surface area (Å²) in [6.07, 6.45) is 0.532. The van der Waals surface area contributed by atoms with Crippen molar-refractivity contribution in [1.82, 2.24) is 9.78 Å². The summed E-state index contributed by atoms with van der Waals surface area (Å²) in [5.41, 5.74) is 1.86. The maximum absolute atomic E-state index is 10.9. The predicted octanol–water partition coefficient (Wildman–Crippen LogP) is 2.10. The van der Waals surface area contributed by atoms with E-state index in [-0.39, 0.29) is 5.69 Å². The minimum Gasteiger partial charge on any atom is -0.476 e. The number of carboxylic acids is 1. The van der Waals surface area contributed by atoms with Crippen LogP contribution in [0.5, 0.6) is 0 Å². The van der Waals surface area contributed by atoms with E-state index in [9.17, 15) is 9.90 Å². The third-order valence-electron chi connectivity index (χ3n) is 2.96. The monoisotopic (exact) mass is 274 g/mol. The van der Waals surface area contributed by atoms with Gasteiger partial charge >= 0.3 is 5.97 Å². The number of rotatable bonds is 4. The number of hydrogen-bond donors (Lipinski definition) is 2. The highest BCUT2D eigenvalue weighted by molar-refractivity contribution is 5.87. The first-order chi connectivity index (χ1) is 9.26. The van der Waals surface area contributed by atoms with E-state index in [0.717, 1.165) is 16.8 Å². The maximum Gasteiger partial charge on any atom is 0.356 e. The number of carbonyl (C=O) groups is 1. The molecule has 0 aliphatic heterocycles. The largest absolute Gasteiger partial charge is 0.476 e. The molecule has 0 saturated heterocycles. The Balaban J connectivity index is 2.38. The first-order valence-electron chi connectivity index (χ1n) is 6.35. The number of nitrogens with zero attached hydrogens (tertiary/aromatic N) is 2. The van der Waals surface area contributed by atoms with Crippen molar-refractivity contribution in [3.63, 3.8) is 0 Å². The Hall–Kier alpha value is -2.14. The molecule has 2 rings (SSSR count). The second kappa shape index (κ2) is 5.09. The topological polar surface area (TPSA) is 75.4 Å². The fourth-order valence-corrected chi connectivity index (χ4v) is 2.18. The number of benzene rings is 1. The molecule has 1 aromatic heterocycles. The molecule has 1 aromatic carbocycles. The minimum atomic E-state index is -1.04. The lowest BCUT2D eigenvalue weighted by molar-refractivity contribution is 0.0689. The van der Waals surface area contributed by atoms with E-state index in [1.807, 2.05) is 24.3 Å². The van der Waals surface area contributed by atoms with E-state index in [1.54, 1.807) is 31.6 Å². The zero-order chi connectivity index (χ0) is 14.9. The van der Waals surface area contributed by atoms with Crippen LogP contribution in [-0.4, -0.2) is 31.6 Å². The van der Waals surface area contributed by atoms with E-state index in [2.05, 4.69) is 5.10 Å². The average Bonchev–Trinajstić information content (AvgIpc) is 2.69. The van der Waals surface area contributed by atoms with E-state index in [1.165, 1.54) is 0 Å². The standard InChI is InChI=1S/C15H18N2O3/c1-15(2,20)9-10-5-4-6-11(7-10)13-8-12(14(18)19)16-17(13)3/h4-8,20H,9H2,1-3H3,(H,18,19). The van der Waals surface area contributed by atoms with Crippen LogP contribution in [0.15, 0.2) is 30.3 Å². The first kappa shape index (κ1) is 14.3. The summed E-state index contributed by atoms with van der Waals surface area (Å²) in [5, 5.41) is 22.8. The predicted molar refractivity (Wildman–Crippen MR) is 75.6 cm³/mol. The van der Waals surface area contributed by atoms with Gasteiger partial charge in [0, 0.05) is 19.0 Å². The van der Waals surface area contributed by atoms with Crippen molar-refractivity contribution in [3.05, 3.63) is 41.6 Å². The van der Waals surface area contributed by atoms with Gasteiger partial charge in [-0.1, -0.05) is 18.2 Å². The van der Waals surface area contributed by atoms with Gasteiger partial charge in [0.05, 0.1) is 11.3 Å². The molecule has 0 atom stereocenters. The Morgan fingerprint density at radius 1 is 1.35 bits per heavy atom. The van der Waals surface area contributed by atoms with Gasteiger partial charge in [0.15, 0.2) is 5.69 Å². The molecule has 0 bridgehead atoms. The van der Waals surface area contributed by atoms with Gasteiger partial charge in [0.1, 0.15) is 0 Å². The molecule has 2 N–H and O–H groups in total. The van der Waals surface area contributed by atoms with Crippen LogP contribution in [0, 0.1) is 0 Å². The van der Waals surface area contributed by atoms with Crippen LogP contribution in [-0.2, 0) is 13.5 Å². The number of aryl methyl sites for hydroxylation is 1. The van der Waals surface area contributed by atoms with Crippen LogP contribution in [0.2, 0.25) is 0 Å². The number of aromatic carboxylic acids is 1. The van der Waals surface area contributed by atoms with Gasteiger partial charge in [0.25, 0.3) is 0 Å². The molecular formula is C15H18N2O3. The van der Waals surface area contributed by atoms with Crippen LogP contribution in [0.25, 0.3) is 11.3 Å². The lowest BCUT2D eigenvalue weighted by Crippen LogP contribution is -2.21. The molecule has 0 radical (unpaired) electrons. The molecular weight excluding hydrogens is 256 g/mol. The second-order valence-corrected chi connectivity index (χ2v) is 5.53. The van der Waals surface area contributed by atoms with E-state index < -0.39 is 11.6 Å². The van der Waals surface area contributed by atoms with E-state index in [0.29, 0.717) is 6.42 Å². The molecule has 0 unspecified atom stereocenters. The van der Waals surface area contributed by atoms with E-state index >= 15 is 0 Å². The lowest BCUT2D eigenvalue weighted by Gasteiger charge is -2.17. The summed E-state index contributed by atoms with van der Waals surface area (Å²) in [7, 11) is 1.71. The van der Waals surface area contributed by atoms with Crippen LogP contribution in [0.3, 0.4) is 0 Å². The van der Waals surface area contributed by atoms with Crippen LogP contribution >= 0.6 is 0 Å². The van der Waals surface area contributed by atoms with Gasteiger partial charge in [-0.3, -0.25) is 4.68 Å². The molecule has 20 heavy (non-hydrogen) atoms. The minimum absolute atomic E-state index is 0.0235. The van der Waals surface area contributed by atoms with Gasteiger partial charge in [-0.15, -0.1) is 0 Å². The molecule has 106 valence electrons. The highest BCUT2D eigenvalue weighted by atomic mass is 16.4. The fraction of sp³-hybridized carbons (Fsp3) is 0.333. The zero-order valence-corrected chi connectivity index (χ0v) is 11.8. The van der Waals surface area contributed by atoms with E-state index in [4.69, 9.17) is 5.11 Å². The molecule has 0 aliphatic rings. The molecule has 0 aliphatic carbocycles. The normalized spacial score (nSPS) is 11.6. The summed E-state index contributed by atoms with van der Waals surface area (Å²) in [4.78, 5) is 10.9. The van der Waals surface area contributed by atoms with Gasteiger partial charge < -0.3 is 10.2 Å². The summed E-state index contributed by atoms with van der Waals surface area (Å²) < 4.78 is 1.55. The summed E-state index contributed by atoms with van der Waals surface area (Å²) in [6.45, 7) is 3.51. The van der Waals surface area contributed by atoms with Crippen LogP contribution in [0.4, 0.5) is 0 Å². The van der Waals surface area contributed by atoms with Crippen molar-refractivity contribution < 1.29 is 15.0 Å². The molecule has 1 heterocycles. The zero-order valence-electron chi connectivity index (χ0n) is 11.8. The number of hydrogen-bond acceptors (Lipinski definition) is 3. The Bertz CT molecular complexity index is 639. The van der Waals surface area contributed by atoms with Gasteiger partial charge in [-0.05, 0) is 31.5 Å². The Labute approximate surface area is 117 Å². The number of aliphatic hydroxyl groups is 1. The average molecular weight is 274 g/mol. The van der Waals surface area contributed by atoms with Crippen molar-refractivity contribution in [2.45, 2.75) is 25.9 Å². The first-order valence-corrected chi connectivity index (χ1v) is 6.35. The van der Waals surface area contributed by atoms with Crippen molar-refractivity contribution in [2.75, 3.05) is 0 Å². The van der Waals surface area contributed by atoms with Gasteiger partial charge in [0.2, 0.25) is 0 Å². The Morgan fingerprint density at radius 2 is 2.05 bits per heavy atom. The molecule has 0 spiro atoms. The second-order valence-electron chi connectivity index (χ2n) is 5.53. The van der Waals surface area contributed by atoms with Crippen LogP contribution in [0.1, 0.15) is 29.9 Å². The Morgan fingerprint density at radius 3 is 2.60 bits per heavy atom. The quantitative estimate of drug-likeness (QED) is 0.895. The van der Waals surface area contributed by atoms with Crippen molar-refractivity contribution >= 4 is 5.97 Å².